The summed E-state index contributed by atoms with van der Waals surface area (Å²) >= 11 is 0. The van der Waals surface area contributed by atoms with Gasteiger partial charge in [-0.2, -0.15) is 0 Å². The smallest absolute Gasteiger partial charge is 0.410 e. The molecule has 0 aromatic rings. The Morgan fingerprint density at radius 1 is 1.30 bits per heavy atom. The van der Waals surface area contributed by atoms with E-state index in [0.29, 0.717) is 11.8 Å². The molecule has 0 saturated carbocycles. The Morgan fingerprint density at radius 3 is 2.50 bits per heavy atom. The van der Waals surface area contributed by atoms with Crippen molar-refractivity contribution in [2.24, 2.45) is 11.8 Å². The molecule has 0 aromatic heterocycles. The Morgan fingerprint density at radius 2 is 2.00 bits per heavy atom. The van der Waals surface area contributed by atoms with Crippen LogP contribution in [0.5, 0.6) is 0 Å². The van der Waals surface area contributed by atoms with Crippen molar-refractivity contribution in [1.82, 2.24) is 9.80 Å². The fourth-order valence-corrected chi connectivity index (χ4v) is 3.23. The third-order valence-electron chi connectivity index (χ3n) is 4.58. The molecule has 3 fully saturated rings. The molecule has 3 saturated heterocycles. The molecule has 1 unspecified atom stereocenters. The Hall–Kier alpha value is -0.770. The van der Waals surface area contributed by atoms with E-state index in [4.69, 9.17) is 4.74 Å². The first kappa shape index (κ1) is 15.6. The molecule has 0 spiro atoms. The van der Waals surface area contributed by atoms with Crippen molar-refractivity contribution in [3.63, 3.8) is 0 Å². The maximum Gasteiger partial charge on any atom is 0.410 e. The molecule has 2 bridgehead atoms. The van der Waals surface area contributed by atoms with Crippen LogP contribution in [0.25, 0.3) is 0 Å². The normalized spacial score (nSPS) is 28.7. The summed E-state index contributed by atoms with van der Waals surface area (Å²) in [5.41, 5.74) is 0. The summed E-state index contributed by atoms with van der Waals surface area (Å²) in [6.45, 7) is 11.5. The number of amides is 1. The van der Waals surface area contributed by atoms with E-state index in [1.807, 2.05) is 4.90 Å². The summed E-state index contributed by atoms with van der Waals surface area (Å²) in [7, 11) is 0. The average Bonchev–Trinajstić information content (AvgIpc) is 2.44. The number of carbonyl (C=O) groups excluding carboxylic acids is 1. The fraction of sp³-hybridized carbons (Fsp3) is 0.938. The standard InChI is InChI=1S/C16H30N2O2/c1-4-8-18(11-5-13(2)3)16(19)20-15-12-17-9-6-14(15)7-10-17/h13-15H,4-12H2,1-3H3. The highest BCUT2D eigenvalue weighted by Gasteiger charge is 2.37. The molecule has 0 aromatic carbocycles. The van der Waals surface area contributed by atoms with Crippen LogP contribution in [-0.4, -0.2) is 54.7 Å². The van der Waals surface area contributed by atoms with Gasteiger partial charge in [0.25, 0.3) is 0 Å². The van der Waals surface area contributed by atoms with E-state index < -0.39 is 0 Å². The van der Waals surface area contributed by atoms with Gasteiger partial charge in [-0.25, -0.2) is 4.79 Å². The first-order valence-electron chi connectivity index (χ1n) is 8.28. The monoisotopic (exact) mass is 282 g/mol. The third kappa shape index (κ3) is 4.11. The third-order valence-corrected chi connectivity index (χ3v) is 4.58. The van der Waals surface area contributed by atoms with Gasteiger partial charge in [0.15, 0.2) is 0 Å². The maximum absolute atomic E-state index is 12.4. The summed E-state index contributed by atoms with van der Waals surface area (Å²) in [5, 5.41) is 0. The van der Waals surface area contributed by atoms with Crippen LogP contribution >= 0.6 is 0 Å². The van der Waals surface area contributed by atoms with Crippen molar-refractivity contribution < 1.29 is 9.53 Å². The number of carbonyl (C=O) groups is 1. The number of rotatable bonds is 6. The zero-order chi connectivity index (χ0) is 14.5. The number of hydrogen-bond acceptors (Lipinski definition) is 3. The van der Waals surface area contributed by atoms with Gasteiger partial charge in [-0.3, -0.25) is 4.90 Å². The van der Waals surface area contributed by atoms with Gasteiger partial charge in [0.2, 0.25) is 0 Å². The van der Waals surface area contributed by atoms with Crippen LogP contribution in [0.1, 0.15) is 46.5 Å². The van der Waals surface area contributed by atoms with Crippen LogP contribution in [-0.2, 0) is 4.74 Å². The molecule has 4 nitrogen and oxygen atoms in total. The quantitative estimate of drug-likeness (QED) is 0.751. The second kappa shape index (κ2) is 7.30. The molecular weight excluding hydrogens is 252 g/mol. The van der Waals surface area contributed by atoms with Crippen molar-refractivity contribution in [2.45, 2.75) is 52.6 Å². The van der Waals surface area contributed by atoms with Gasteiger partial charge in [-0.1, -0.05) is 20.8 Å². The van der Waals surface area contributed by atoms with Gasteiger partial charge in [0.1, 0.15) is 6.10 Å². The van der Waals surface area contributed by atoms with Crippen LogP contribution in [0.4, 0.5) is 4.79 Å². The minimum absolute atomic E-state index is 0.0914. The Bertz CT molecular complexity index is 312. The summed E-state index contributed by atoms with van der Waals surface area (Å²) < 4.78 is 5.82. The highest BCUT2D eigenvalue weighted by atomic mass is 16.6. The molecule has 4 heteroatoms. The van der Waals surface area contributed by atoms with E-state index in [-0.39, 0.29) is 12.2 Å². The molecular formula is C16H30N2O2. The van der Waals surface area contributed by atoms with Crippen molar-refractivity contribution in [2.75, 3.05) is 32.7 Å². The lowest BCUT2D eigenvalue weighted by Gasteiger charge is -2.44. The Balaban J connectivity index is 1.84. The predicted octanol–water partition coefficient (Wildman–Crippen LogP) is 2.98. The predicted molar refractivity (Wildman–Crippen MR) is 80.8 cm³/mol. The molecule has 1 atom stereocenters. The first-order valence-corrected chi connectivity index (χ1v) is 8.28. The van der Waals surface area contributed by atoms with Crippen molar-refractivity contribution in [3.8, 4) is 0 Å². The van der Waals surface area contributed by atoms with Gasteiger partial charge in [-0.15, -0.1) is 0 Å². The summed E-state index contributed by atoms with van der Waals surface area (Å²) in [5.74, 6) is 1.22. The molecule has 116 valence electrons. The van der Waals surface area contributed by atoms with Crippen LogP contribution in [0, 0.1) is 11.8 Å². The first-order chi connectivity index (χ1) is 9.60. The lowest BCUT2D eigenvalue weighted by atomic mass is 9.86. The van der Waals surface area contributed by atoms with Gasteiger partial charge >= 0.3 is 6.09 Å². The zero-order valence-electron chi connectivity index (χ0n) is 13.3. The minimum atomic E-state index is -0.0914. The molecule has 3 aliphatic heterocycles. The molecule has 3 aliphatic rings. The van der Waals surface area contributed by atoms with Gasteiger partial charge in [0, 0.05) is 19.6 Å². The summed E-state index contributed by atoms with van der Waals surface area (Å²) in [6, 6.07) is 0. The molecule has 0 N–H and O–H groups in total. The summed E-state index contributed by atoms with van der Waals surface area (Å²) in [4.78, 5) is 16.7. The lowest BCUT2D eigenvalue weighted by Crippen LogP contribution is -2.53. The number of piperidine rings is 3. The van der Waals surface area contributed by atoms with Gasteiger partial charge in [-0.05, 0) is 50.6 Å². The van der Waals surface area contributed by atoms with E-state index in [9.17, 15) is 4.79 Å². The highest BCUT2D eigenvalue weighted by molar-refractivity contribution is 5.67. The topological polar surface area (TPSA) is 32.8 Å². The Kier molecular flexibility index (Phi) is 5.70. The molecule has 0 radical (unpaired) electrons. The lowest BCUT2D eigenvalue weighted by molar-refractivity contribution is -0.0438. The van der Waals surface area contributed by atoms with E-state index in [1.165, 1.54) is 25.9 Å². The van der Waals surface area contributed by atoms with Crippen LogP contribution in [0.3, 0.4) is 0 Å². The van der Waals surface area contributed by atoms with Crippen molar-refractivity contribution in [1.29, 1.82) is 0 Å². The zero-order valence-corrected chi connectivity index (χ0v) is 13.3. The second-order valence-corrected chi connectivity index (χ2v) is 6.73. The van der Waals surface area contributed by atoms with Gasteiger partial charge < -0.3 is 9.64 Å². The minimum Gasteiger partial charge on any atom is -0.444 e. The van der Waals surface area contributed by atoms with Gasteiger partial charge in [0.05, 0.1) is 0 Å². The summed E-state index contributed by atoms with van der Waals surface area (Å²) in [6.07, 6.45) is 4.47. The van der Waals surface area contributed by atoms with Crippen LogP contribution < -0.4 is 0 Å². The van der Waals surface area contributed by atoms with E-state index in [0.717, 1.165) is 32.5 Å². The van der Waals surface area contributed by atoms with Crippen LogP contribution in [0.15, 0.2) is 0 Å². The SMILES string of the molecule is CCCN(CCC(C)C)C(=O)OC1CN2CCC1CC2. The van der Waals surface area contributed by atoms with Crippen molar-refractivity contribution in [3.05, 3.63) is 0 Å². The molecule has 1 amide bonds. The fourth-order valence-electron chi connectivity index (χ4n) is 3.23. The van der Waals surface area contributed by atoms with E-state index >= 15 is 0 Å². The van der Waals surface area contributed by atoms with Crippen molar-refractivity contribution >= 4 is 6.09 Å². The largest absolute Gasteiger partial charge is 0.444 e. The average molecular weight is 282 g/mol. The van der Waals surface area contributed by atoms with E-state index in [1.54, 1.807) is 0 Å². The number of fused-ring (bicyclic) bond motifs is 3. The van der Waals surface area contributed by atoms with Crippen LogP contribution in [0.2, 0.25) is 0 Å². The number of nitrogens with zero attached hydrogens (tertiary/aromatic N) is 2. The highest BCUT2D eigenvalue weighted by Crippen LogP contribution is 2.29. The van der Waals surface area contributed by atoms with E-state index in [2.05, 4.69) is 25.7 Å². The Labute approximate surface area is 123 Å². The second-order valence-electron chi connectivity index (χ2n) is 6.73. The molecule has 0 aliphatic carbocycles. The molecule has 20 heavy (non-hydrogen) atoms. The maximum atomic E-state index is 12.4. The molecule has 3 heterocycles. The number of ether oxygens (including phenoxy) is 1. The molecule has 3 rings (SSSR count). The number of hydrogen-bond donors (Lipinski definition) is 0.